The van der Waals surface area contributed by atoms with Gasteiger partial charge in [0.2, 0.25) is 0 Å². The van der Waals surface area contributed by atoms with Crippen molar-refractivity contribution >= 4 is 58.4 Å². The molecule has 1 aliphatic heterocycles. The molecule has 0 aromatic heterocycles. The molecule has 9 heteroatoms. The van der Waals surface area contributed by atoms with Crippen molar-refractivity contribution < 1.29 is 19.1 Å². The van der Waals surface area contributed by atoms with Gasteiger partial charge in [0.25, 0.3) is 17.7 Å². The molecule has 0 saturated carbocycles. The summed E-state index contributed by atoms with van der Waals surface area (Å²) in [5.74, 6) is -1.29. The van der Waals surface area contributed by atoms with Crippen LogP contribution in [0.5, 0.6) is 5.75 Å². The summed E-state index contributed by atoms with van der Waals surface area (Å²) in [7, 11) is 0. The van der Waals surface area contributed by atoms with Gasteiger partial charge in [0.15, 0.2) is 11.7 Å². The van der Waals surface area contributed by atoms with Gasteiger partial charge in [0.1, 0.15) is 11.3 Å². The second kappa shape index (κ2) is 8.20. The number of amides is 3. The number of halogens is 1. The summed E-state index contributed by atoms with van der Waals surface area (Å²) in [4.78, 5) is 37.1. The lowest BCUT2D eigenvalue weighted by Crippen LogP contribution is -2.54. The summed E-state index contributed by atoms with van der Waals surface area (Å²) in [6.45, 7) is -0.241. The van der Waals surface area contributed by atoms with Crippen LogP contribution in [0.25, 0.3) is 6.08 Å². The lowest BCUT2D eigenvalue weighted by molar-refractivity contribution is -0.122. The third-order valence-corrected chi connectivity index (χ3v) is 4.30. The van der Waals surface area contributed by atoms with E-state index in [2.05, 4.69) is 5.32 Å². The first-order chi connectivity index (χ1) is 13.3. The Labute approximate surface area is 170 Å². The molecule has 0 unspecified atom stereocenters. The monoisotopic (exact) mass is 415 g/mol. The smallest absolute Gasteiger partial charge is 0.270 e. The summed E-state index contributed by atoms with van der Waals surface area (Å²) in [5, 5.41) is 3.01. The van der Waals surface area contributed by atoms with E-state index in [4.69, 9.17) is 34.3 Å². The Morgan fingerprint density at radius 2 is 1.79 bits per heavy atom. The number of carbonyl (C=O) groups excluding carboxylic acids is 3. The fraction of sp³-hybridized carbons (Fsp3) is 0.0526. The highest BCUT2D eigenvalue weighted by atomic mass is 35.5. The van der Waals surface area contributed by atoms with Crippen molar-refractivity contribution in [3.05, 3.63) is 64.7 Å². The average Bonchev–Trinajstić information content (AvgIpc) is 2.66. The number of nitrogens with two attached hydrogens (primary N) is 1. The summed E-state index contributed by atoms with van der Waals surface area (Å²) in [5.41, 5.74) is 6.03. The molecule has 0 bridgehead atoms. The van der Waals surface area contributed by atoms with Crippen LogP contribution in [0.4, 0.5) is 5.69 Å². The first-order valence-corrected chi connectivity index (χ1v) is 8.82. The number of ether oxygens (including phenoxy) is 1. The number of anilines is 1. The highest BCUT2D eigenvalue weighted by Gasteiger charge is 2.34. The number of rotatable bonds is 5. The zero-order valence-electron chi connectivity index (χ0n) is 14.3. The van der Waals surface area contributed by atoms with Gasteiger partial charge in [-0.25, -0.2) is 0 Å². The molecular weight excluding hydrogens is 402 g/mol. The Bertz CT molecular complexity index is 987. The Morgan fingerprint density at radius 3 is 2.39 bits per heavy atom. The number of primary amides is 1. The van der Waals surface area contributed by atoms with Gasteiger partial charge in [0.05, 0.1) is 5.69 Å². The van der Waals surface area contributed by atoms with Crippen LogP contribution in [0.2, 0.25) is 5.02 Å². The highest BCUT2D eigenvalue weighted by molar-refractivity contribution is 7.80. The van der Waals surface area contributed by atoms with Crippen LogP contribution in [0.15, 0.2) is 54.1 Å². The molecule has 3 N–H and O–H groups in total. The van der Waals surface area contributed by atoms with E-state index in [9.17, 15) is 14.4 Å². The van der Waals surface area contributed by atoms with Gasteiger partial charge in [-0.15, -0.1) is 0 Å². The number of benzene rings is 2. The van der Waals surface area contributed by atoms with E-state index in [-0.39, 0.29) is 17.3 Å². The minimum atomic E-state index is -0.589. The van der Waals surface area contributed by atoms with E-state index in [1.165, 1.54) is 11.0 Å². The summed E-state index contributed by atoms with van der Waals surface area (Å²) >= 11 is 11.0. The molecule has 7 nitrogen and oxygen atoms in total. The fourth-order valence-electron chi connectivity index (χ4n) is 2.46. The second-order valence-corrected chi connectivity index (χ2v) is 6.58. The Balaban J connectivity index is 1.86. The molecule has 1 heterocycles. The maximum atomic E-state index is 12.9. The molecule has 142 valence electrons. The van der Waals surface area contributed by atoms with Crippen LogP contribution >= 0.6 is 23.8 Å². The molecule has 3 rings (SSSR count). The largest absolute Gasteiger partial charge is 0.484 e. The van der Waals surface area contributed by atoms with E-state index in [1.807, 2.05) is 0 Å². The fourth-order valence-corrected chi connectivity index (χ4v) is 2.87. The van der Waals surface area contributed by atoms with Crippen LogP contribution in [-0.2, 0) is 14.4 Å². The molecule has 28 heavy (non-hydrogen) atoms. The van der Waals surface area contributed by atoms with Crippen molar-refractivity contribution in [2.45, 2.75) is 0 Å². The highest BCUT2D eigenvalue weighted by Crippen LogP contribution is 2.24. The van der Waals surface area contributed by atoms with E-state index in [0.29, 0.717) is 22.0 Å². The van der Waals surface area contributed by atoms with Crippen molar-refractivity contribution in [2.75, 3.05) is 11.5 Å². The maximum Gasteiger partial charge on any atom is 0.270 e. The molecule has 0 spiro atoms. The number of hydrogen-bond acceptors (Lipinski definition) is 5. The van der Waals surface area contributed by atoms with Crippen molar-refractivity contribution in [1.29, 1.82) is 0 Å². The van der Waals surface area contributed by atoms with Gasteiger partial charge in [-0.3, -0.25) is 24.6 Å². The van der Waals surface area contributed by atoms with Crippen LogP contribution < -0.4 is 20.7 Å². The van der Waals surface area contributed by atoms with Gasteiger partial charge in [-0.2, -0.15) is 0 Å². The molecule has 1 fully saturated rings. The van der Waals surface area contributed by atoms with Crippen molar-refractivity contribution in [2.24, 2.45) is 5.73 Å². The third-order valence-electron chi connectivity index (χ3n) is 3.76. The summed E-state index contributed by atoms with van der Waals surface area (Å²) < 4.78 is 5.18. The second-order valence-electron chi connectivity index (χ2n) is 5.76. The van der Waals surface area contributed by atoms with Crippen molar-refractivity contribution in [1.82, 2.24) is 5.32 Å². The van der Waals surface area contributed by atoms with Crippen molar-refractivity contribution in [3.63, 3.8) is 0 Å². The molecule has 1 saturated heterocycles. The van der Waals surface area contributed by atoms with E-state index in [1.54, 1.807) is 48.5 Å². The number of thiocarbonyl (C=S) groups is 1. The number of hydrogen-bond donors (Lipinski definition) is 2. The lowest BCUT2D eigenvalue weighted by Gasteiger charge is -2.28. The zero-order valence-corrected chi connectivity index (χ0v) is 15.9. The summed E-state index contributed by atoms with van der Waals surface area (Å²) in [6.07, 6.45) is 1.44. The number of carbonyl (C=O) groups is 3. The topological polar surface area (TPSA) is 102 Å². The van der Waals surface area contributed by atoms with Crippen LogP contribution in [0.3, 0.4) is 0 Å². The molecule has 0 radical (unpaired) electrons. The Hall–Kier alpha value is -3.23. The van der Waals surface area contributed by atoms with Gasteiger partial charge in [-0.1, -0.05) is 23.7 Å². The first-order valence-electron chi connectivity index (χ1n) is 8.03. The van der Waals surface area contributed by atoms with E-state index in [0.717, 1.165) is 0 Å². The summed E-state index contributed by atoms with van der Waals surface area (Å²) in [6, 6.07) is 13.0. The molecule has 1 aliphatic rings. The van der Waals surface area contributed by atoms with Gasteiger partial charge in [0, 0.05) is 5.02 Å². The lowest BCUT2D eigenvalue weighted by atomic mass is 10.1. The molecule has 2 aromatic rings. The molecule has 0 aliphatic carbocycles. The zero-order chi connectivity index (χ0) is 20.3. The first kappa shape index (κ1) is 19.5. The predicted octanol–water partition coefficient (Wildman–Crippen LogP) is 2.04. The third kappa shape index (κ3) is 4.36. The molecule has 3 amide bonds. The molecule has 0 atom stereocenters. The quantitative estimate of drug-likeness (QED) is 0.442. The SMILES string of the molecule is NC(=O)COc1ccc(/C=C2\C(=O)NC(=S)N(c3ccc(Cl)cc3)C2=O)cc1. The normalized spacial score (nSPS) is 15.5. The number of nitrogens with zero attached hydrogens (tertiary/aromatic N) is 1. The predicted molar refractivity (Wildman–Crippen MR) is 109 cm³/mol. The van der Waals surface area contributed by atoms with Crippen LogP contribution in [-0.4, -0.2) is 29.4 Å². The minimum absolute atomic E-state index is 0.00956. The molecular formula is C19H14ClN3O4S. The van der Waals surface area contributed by atoms with Gasteiger partial charge < -0.3 is 10.5 Å². The Kier molecular flexibility index (Phi) is 5.72. The minimum Gasteiger partial charge on any atom is -0.484 e. The van der Waals surface area contributed by atoms with Crippen LogP contribution in [0, 0.1) is 0 Å². The molecule has 2 aromatic carbocycles. The maximum absolute atomic E-state index is 12.9. The van der Waals surface area contributed by atoms with Crippen LogP contribution in [0.1, 0.15) is 5.56 Å². The van der Waals surface area contributed by atoms with E-state index < -0.39 is 17.7 Å². The number of nitrogens with one attached hydrogen (secondary N) is 1. The average molecular weight is 416 g/mol. The van der Waals surface area contributed by atoms with Gasteiger partial charge >= 0.3 is 0 Å². The van der Waals surface area contributed by atoms with Crippen molar-refractivity contribution in [3.8, 4) is 5.75 Å². The Morgan fingerprint density at radius 1 is 1.14 bits per heavy atom. The van der Waals surface area contributed by atoms with E-state index >= 15 is 0 Å². The standard InChI is InChI=1S/C19H14ClN3O4S/c20-12-3-5-13(6-4-12)23-18(26)15(17(25)22-19(23)28)9-11-1-7-14(8-2-11)27-10-16(21)24/h1-9H,10H2,(H2,21,24)(H,22,25,28)/b15-9+. The van der Waals surface area contributed by atoms with Gasteiger partial charge in [-0.05, 0) is 60.3 Å².